The summed E-state index contributed by atoms with van der Waals surface area (Å²) in [7, 11) is 1.75. The van der Waals surface area contributed by atoms with Crippen LogP contribution < -0.4 is 4.90 Å². The molecule has 9 heteroatoms. The van der Waals surface area contributed by atoms with Crippen molar-refractivity contribution in [1.82, 2.24) is 24.8 Å². The number of fused-ring (bicyclic) bond motifs is 2. The number of benzene rings is 1. The monoisotopic (exact) mass is 478 g/mol. The van der Waals surface area contributed by atoms with Gasteiger partial charge in [0.05, 0.1) is 28.7 Å². The third-order valence-corrected chi connectivity index (χ3v) is 6.68. The number of nitrogens with zero attached hydrogens (tertiary/aromatic N) is 5. The second-order valence-electron chi connectivity index (χ2n) is 9.07. The number of β-amino-alcohol motifs (C(OH)–C–C–N with tert-alkyl or cyclic N) is 1. The number of aryl methyl sites for hydroxylation is 1. The lowest BCUT2D eigenvalue weighted by molar-refractivity contribution is -0.133. The van der Waals surface area contributed by atoms with E-state index < -0.39 is 5.60 Å². The number of likely N-dealkylation sites (N-methyl/N-ethyl adjacent to an activating group) is 1. The molecule has 1 aliphatic rings. The summed E-state index contributed by atoms with van der Waals surface area (Å²) in [5, 5.41) is 13.0. The van der Waals surface area contributed by atoms with Crippen molar-refractivity contribution >= 4 is 45.1 Å². The zero-order valence-corrected chi connectivity index (χ0v) is 19.8. The molecule has 1 amide bonds. The van der Waals surface area contributed by atoms with Crippen molar-refractivity contribution in [2.24, 2.45) is 0 Å². The highest BCUT2D eigenvalue weighted by Gasteiger charge is 2.36. The SMILES string of the molecule is CN(C[C@]1(O)CCCN(c2ccnc3ccncc23)C1)C(=O)CCc1nc2ccc(Cl)cc2[nH]1. The van der Waals surface area contributed by atoms with Crippen LogP contribution >= 0.6 is 11.6 Å². The van der Waals surface area contributed by atoms with Crippen LogP contribution in [-0.2, 0) is 11.2 Å². The fourth-order valence-electron chi connectivity index (χ4n) is 4.80. The van der Waals surface area contributed by atoms with E-state index in [9.17, 15) is 9.90 Å². The molecular weight excluding hydrogens is 452 g/mol. The summed E-state index contributed by atoms with van der Waals surface area (Å²) >= 11 is 6.04. The first-order valence-corrected chi connectivity index (χ1v) is 11.8. The Hall–Kier alpha value is -3.23. The molecule has 1 atom stereocenters. The van der Waals surface area contributed by atoms with Gasteiger partial charge in [0, 0.05) is 67.7 Å². The van der Waals surface area contributed by atoms with Gasteiger partial charge in [0.25, 0.3) is 0 Å². The highest BCUT2D eigenvalue weighted by atomic mass is 35.5. The van der Waals surface area contributed by atoms with E-state index in [1.165, 1.54) is 0 Å². The number of H-pyrrole nitrogens is 1. The van der Waals surface area contributed by atoms with Crippen molar-refractivity contribution in [2.75, 3.05) is 31.6 Å². The van der Waals surface area contributed by atoms with E-state index in [-0.39, 0.29) is 12.5 Å². The van der Waals surface area contributed by atoms with Gasteiger partial charge in [0.2, 0.25) is 5.91 Å². The maximum absolute atomic E-state index is 12.8. The number of anilines is 1. The smallest absolute Gasteiger partial charge is 0.222 e. The lowest BCUT2D eigenvalue weighted by Gasteiger charge is -2.42. The van der Waals surface area contributed by atoms with Gasteiger partial charge in [-0.1, -0.05) is 11.6 Å². The van der Waals surface area contributed by atoms with E-state index in [1.807, 2.05) is 30.5 Å². The fraction of sp³-hybridized carbons (Fsp3) is 0.360. The van der Waals surface area contributed by atoms with Crippen LogP contribution in [0.5, 0.6) is 0 Å². The second-order valence-corrected chi connectivity index (χ2v) is 9.50. The van der Waals surface area contributed by atoms with Crippen LogP contribution in [0, 0.1) is 0 Å². The molecule has 4 heterocycles. The Bertz CT molecular complexity index is 1340. The topological polar surface area (TPSA) is 98.2 Å². The summed E-state index contributed by atoms with van der Waals surface area (Å²) in [5.41, 5.74) is 2.59. The Morgan fingerprint density at radius 1 is 1.26 bits per heavy atom. The number of aliphatic hydroxyl groups is 1. The molecule has 176 valence electrons. The summed E-state index contributed by atoms with van der Waals surface area (Å²) in [4.78, 5) is 33.1. The molecule has 34 heavy (non-hydrogen) atoms. The van der Waals surface area contributed by atoms with Gasteiger partial charge >= 0.3 is 0 Å². The normalized spacial score (nSPS) is 18.5. The van der Waals surface area contributed by atoms with Crippen molar-refractivity contribution in [1.29, 1.82) is 0 Å². The van der Waals surface area contributed by atoms with E-state index in [0.29, 0.717) is 30.8 Å². The van der Waals surface area contributed by atoms with Gasteiger partial charge in [-0.15, -0.1) is 0 Å². The molecule has 8 nitrogen and oxygen atoms in total. The maximum Gasteiger partial charge on any atom is 0.222 e. The molecule has 1 saturated heterocycles. The van der Waals surface area contributed by atoms with Gasteiger partial charge < -0.3 is 19.9 Å². The van der Waals surface area contributed by atoms with Crippen LogP contribution in [0.1, 0.15) is 25.1 Å². The lowest BCUT2D eigenvalue weighted by atomic mass is 9.91. The minimum atomic E-state index is -0.990. The first-order chi connectivity index (χ1) is 16.4. The summed E-state index contributed by atoms with van der Waals surface area (Å²) in [6.45, 7) is 1.56. The zero-order chi connectivity index (χ0) is 23.7. The lowest BCUT2D eigenvalue weighted by Crippen LogP contribution is -2.54. The highest BCUT2D eigenvalue weighted by Crippen LogP contribution is 2.31. The molecule has 0 unspecified atom stereocenters. The van der Waals surface area contributed by atoms with Crippen LogP contribution in [0.15, 0.2) is 48.9 Å². The first-order valence-electron chi connectivity index (χ1n) is 11.4. The fourth-order valence-corrected chi connectivity index (χ4v) is 4.97. The van der Waals surface area contributed by atoms with Crippen LogP contribution in [0.3, 0.4) is 0 Å². The molecule has 4 aromatic rings. The number of hydrogen-bond acceptors (Lipinski definition) is 6. The minimum Gasteiger partial charge on any atom is -0.386 e. The third kappa shape index (κ3) is 4.69. The van der Waals surface area contributed by atoms with Crippen LogP contribution in [-0.4, -0.2) is 68.1 Å². The number of carbonyl (C=O) groups excluding carboxylic acids is 1. The zero-order valence-electron chi connectivity index (χ0n) is 19.0. The van der Waals surface area contributed by atoms with Crippen molar-refractivity contribution in [3.05, 3.63) is 59.8 Å². The molecular formula is C25H27ClN6O2. The summed E-state index contributed by atoms with van der Waals surface area (Å²) < 4.78 is 0. The Balaban J connectivity index is 1.23. The quantitative estimate of drug-likeness (QED) is 0.439. The molecule has 0 radical (unpaired) electrons. The maximum atomic E-state index is 12.8. The largest absolute Gasteiger partial charge is 0.386 e. The van der Waals surface area contributed by atoms with Crippen molar-refractivity contribution in [3.8, 4) is 0 Å². The van der Waals surface area contributed by atoms with Crippen LogP contribution in [0.2, 0.25) is 5.02 Å². The van der Waals surface area contributed by atoms with Gasteiger partial charge in [-0.3, -0.25) is 14.8 Å². The molecule has 3 aromatic heterocycles. The Labute approximate surface area is 202 Å². The van der Waals surface area contributed by atoms with Gasteiger partial charge in [-0.2, -0.15) is 0 Å². The number of rotatable bonds is 6. The molecule has 5 rings (SSSR count). The number of piperidine rings is 1. The molecule has 0 aliphatic carbocycles. The third-order valence-electron chi connectivity index (χ3n) is 6.44. The average molecular weight is 479 g/mol. The van der Waals surface area contributed by atoms with E-state index in [2.05, 4.69) is 24.8 Å². The summed E-state index contributed by atoms with van der Waals surface area (Å²) in [5.74, 6) is 0.724. The van der Waals surface area contributed by atoms with Crippen molar-refractivity contribution in [2.45, 2.75) is 31.3 Å². The number of hydrogen-bond donors (Lipinski definition) is 2. The molecule has 1 aliphatic heterocycles. The number of halogens is 1. The highest BCUT2D eigenvalue weighted by molar-refractivity contribution is 6.31. The summed E-state index contributed by atoms with van der Waals surface area (Å²) in [6.07, 6.45) is 7.62. The predicted octanol–water partition coefficient (Wildman–Crippen LogP) is 3.58. The van der Waals surface area contributed by atoms with Crippen LogP contribution in [0.4, 0.5) is 5.69 Å². The Morgan fingerprint density at radius 3 is 3.03 bits per heavy atom. The first kappa shape index (κ1) is 22.6. The second kappa shape index (κ2) is 9.19. The number of pyridine rings is 2. The van der Waals surface area contributed by atoms with Gasteiger partial charge in [0.15, 0.2) is 0 Å². The van der Waals surface area contributed by atoms with Gasteiger partial charge in [-0.05, 0) is 43.2 Å². The molecule has 1 aromatic carbocycles. The van der Waals surface area contributed by atoms with Gasteiger partial charge in [0.1, 0.15) is 5.82 Å². The summed E-state index contributed by atoms with van der Waals surface area (Å²) in [6, 6.07) is 9.34. The number of nitrogens with one attached hydrogen (secondary N) is 1. The van der Waals surface area contributed by atoms with Crippen LogP contribution in [0.25, 0.3) is 21.9 Å². The minimum absolute atomic E-state index is 0.0254. The van der Waals surface area contributed by atoms with E-state index in [0.717, 1.165) is 46.4 Å². The molecule has 1 fully saturated rings. The average Bonchev–Trinajstić information content (AvgIpc) is 3.24. The van der Waals surface area contributed by atoms with Crippen molar-refractivity contribution < 1.29 is 9.90 Å². The number of amides is 1. The molecule has 0 saturated carbocycles. The number of aromatic nitrogens is 4. The van der Waals surface area contributed by atoms with E-state index in [4.69, 9.17) is 11.6 Å². The predicted molar refractivity (Wildman–Crippen MR) is 133 cm³/mol. The number of aromatic amines is 1. The molecule has 2 N–H and O–H groups in total. The number of imidazole rings is 1. The van der Waals surface area contributed by atoms with E-state index in [1.54, 1.807) is 30.4 Å². The van der Waals surface area contributed by atoms with Gasteiger partial charge in [-0.25, -0.2) is 4.98 Å². The number of carbonyl (C=O) groups is 1. The standard InChI is InChI=1S/C25H27ClN6O2/c1-31(24(33)6-5-23-29-20-4-3-17(26)13-21(20)30-23)15-25(34)9-2-12-32(16-25)22-8-11-28-19-7-10-27-14-18(19)22/h3-4,7-8,10-11,13-14,34H,2,5-6,9,12,15-16H2,1H3,(H,29,30)/t25-/m1/s1. The Morgan fingerprint density at radius 2 is 2.15 bits per heavy atom. The Kier molecular flexibility index (Phi) is 6.10. The molecule has 0 bridgehead atoms. The van der Waals surface area contributed by atoms with Crippen molar-refractivity contribution in [3.63, 3.8) is 0 Å². The molecule has 0 spiro atoms. The van der Waals surface area contributed by atoms with E-state index >= 15 is 0 Å².